The number of carbonyl (C=O) groups is 2. The first-order chi connectivity index (χ1) is 8.04. The van der Waals surface area contributed by atoms with Crippen LogP contribution in [0.15, 0.2) is 16.9 Å². The fraction of sp³-hybridized carbons (Fsp3) is 0.400. The van der Waals surface area contributed by atoms with E-state index < -0.39 is 11.9 Å². The number of ether oxygens (including phenoxy) is 1. The number of hydrogen-bond donors (Lipinski definition) is 1. The molecular formula is C10H13N3O4. The molecule has 0 fully saturated rings. The number of nitrogens with zero attached hydrogens (tertiary/aromatic N) is 2. The summed E-state index contributed by atoms with van der Waals surface area (Å²) in [6.45, 7) is 0.163. The highest BCUT2D eigenvalue weighted by Crippen LogP contribution is 1.90. The Labute approximate surface area is 97.4 Å². The number of nitrogens with one attached hydrogen (secondary N) is 1. The van der Waals surface area contributed by atoms with Gasteiger partial charge in [0.2, 0.25) is 0 Å². The van der Waals surface area contributed by atoms with Gasteiger partial charge in [0.1, 0.15) is 5.69 Å². The zero-order valence-corrected chi connectivity index (χ0v) is 9.60. The monoisotopic (exact) mass is 239 g/mol. The normalized spacial score (nSPS) is 9.76. The third kappa shape index (κ3) is 3.71. The van der Waals surface area contributed by atoms with Crippen molar-refractivity contribution in [3.8, 4) is 0 Å². The van der Waals surface area contributed by atoms with Crippen molar-refractivity contribution < 1.29 is 14.3 Å². The number of methoxy groups -OCH3 is 1. The summed E-state index contributed by atoms with van der Waals surface area (Å²) in [6, 6.07) is 2.58. The van der Waals surface area contributed by atoms with Gasteiger partial charge in [-0.05, 0) is 6.07 Å². The summed E-state index contributed by atoms with van der Waals surface area (Å²) in [5, 5.41) is 6.26. The number of esters is 1. The van der Waals surface area contributed by atoms with E-state index >= 15 is 0 Å². The maximum Gasteiger partial charge on any atom is 0.307 e. The molecule has 1 heterocycles. The predicted octanol–water partition coefficient (Wildman–Crippen LogP) is -0.927. The lowest BCUT2D eigenvalue weighted by Crippen LogP contribution is -2.30. The van der Waals surface area contributed by atoms with Crippen molar-refractivity contribution in [3.05, 3.63) is 28.2 Å². The van der Waals surface area contributed by atoms with Crippen LogP contribution in [0, 0.1) is 0 Å². The minimum absolute atomic E-state index is 0.0913. The molecule has 0 aliphatic carbocycles. The van der Waals surface area contributed by atoms with E-state index in [4.69, 9.17) is 0 Å². The highest BCUT2D eigenvalue weighted by Gasteiger charge is 2.08. The van der Waals surface area contributed by atoms with Crippen molar-refractivity contribution in [1.82, 2.24) is 15.1 Å². The van der Waals surface area contributed by atoms with Crippen LogP contribution < -0.4 is 10.9 Å². The SMILES string of the molecule is COC(=O)CCNC(=O)c1ccc(=O)n(C)n1. The van der Waals surface area contributed by atoms with Gasteiger partial charge in [0, 0.05) is 19.7 Å². The minimum Gasteiger partial charge on any atom is -0.469 e. The third-order valence-electron chi connectivity index (χ3n) is 2.04. The molecule has 1 aromatic heterocycles. The Kier molecular flexibility index (Phi) is 4.38. The van der Waals surface area contributed by atoms with Crippen LogP contribution in [0.4, 0.5) is 0 Å². The Hall–Kier alpha value is -2.18. The summed E-state index contributed by atoms with van der Waals surface area (Å²) in [6.07, 6.45) is 0.0913. The molecule has 1 N–H and O–H groups in total. The van der Waals surface area contributed by atoms with Gasteiger partial charge in [-0.3, -0.25) is 14.4 Å². The maximum absolute atomic E-state index is 11.5. The first kappa shape index (κ1) is 12.9. The van der Waals surface area contributed by atoms with E-state index in [1.54, 1.807) is 0 Å². The van der Waals surface area contributed by atoms with Gasteiger partial charge in [-0.25, -0.2) is 4.68 Å². The Bertz CT molecular complexity index is 481. The Morgan fingerprint density at radius 1 is 1.47 bits per heavy atom. The lowest BCUT2D eigenvalue weighted by Gasteiger charge is -2.04. The largest absolute Gasteiger partial charge is 0.469 e. The molecule has 0 atom stereocenters. The van der Waals surface area contributed by atoms with Crippen LogP contribution in [0.3, 0.4) is 0 Å². The molecule has 1 rings (SSSR count). The Balaban J connectivity index is 2.55. The second-order valence-corrected chi connectivity index (χ2v) is 3.26. The van der Waals surface area contributed by atoms with Gasteiger partial charge in [0.15, 0.2) is 0 Å². The predicted molar refractivity (Wildman–Crippen MR) is 58.4 cm³/mol. The highest BCUT2D eigenvalue weighted by molar-refractivity contribution is 5.92. The first-order valence-corrected chi connectivity index (χ1v) is 4.94. The van der Waals surface area contributed by atoms with E-state index in [9.17, 15) is 14.4 Å². The molecule has 7 nitrogen and oxygen atoms in total. The number of amides is 1. The van der Waals surface area contributed by atoms with Crippen LogP contribution in [0.2, 0.25) is 0 Å². The number of rotatable bonds is 4. The molecule has 0 bridgehead atoms. The molecular weight excluding hydrogens is 226 g/mol. The van der Waals surface area contributed by atoms with Gasteiger partial charge < -0.3 is 10.1 Å². The second kappa shape index (κ2) is 5.78. The number of aryl methyl sites for hydroxylation is 1. The maximum atomic E-state index is 11.5. The minimum atomic E-state index is -0.440. The molecule has 0 unspecified atom stereocenters. The molecule has 0 aliphatic heterocycles. The quantitative estimate of drug-likeness (QED) is 0.686. The van der Waals surface area contributed by atoms with Gasteiger partial charge in [0.05, 0.1) is 13.5 Å². The second-order valence-electron chi connectivity index (χ2n) is 3.26. The first-order valence-electron chi connectivity index (χ1n) is 4.94. The fourth-order valence-corrected chi connectivity index (χ4v) is 1.09. The van der Waals surface area contributed by atoms with E-state index in [1.165, 1.54) is 26.3 Å². The van der Waals surface area contributed by atoms with E-state index in [1.807, 2.05) is 0 Å². The summed E-state index contributed by atoms with van der Waals surface area (Å²) < 4.78 is 5.49. The summed E-state index contributed by atoms with van der Waals surface area (Å²) in [4.78, 5) is 33.4. The molecule has 0 saturated carbocycles. The lowest BCUT2D eigenvalue weighted by molar-refractivity contribution is -0.140. The summed E-state index contributed by atoms with van der Waals surface area (Å²) in [5.74, 6) is -0.844. The number of carbonyl (C=O) groups excluding carboxylic acids is 2. The molecule has 1 aromatic rings. The molecule has 92 valence electrons. The van der Waals surface area contributed by atoms with Gasteiger partial charge >= 0.3 is 5.97 Å². The van der Waals surface area contributed by atoms with Gasteiger partial charge in [-0.2, -0.15) is 5.10 Å². The third-order valence-corrected chi connectivity index (χ3v) is 2.04. The van der Waals surface area contributed by atoms with Crippen molar-refractivity contribution in [1.29, 1.82) is 0 Å². The van der Waals surface area contributed by atoms with Crippen LogP contribution in [-0.4, -0.2) is 35.3 Å². The Morgan fingerprint density at radius 2 is 2.18 bits per heavy atom. The van der Waals surface area contributed by atoms with Crippen molar-refractivity contribution in [3.63, 3.8) is 0 Å². The smallest absolute Gasteiger partial charge is 0.307 e. The molecule has 1 amide bonds. The van der Waals surface area contributed by atoms with Crippen molar-refractivity contribution in [2.24, 2.45) is 7.05 Å². The molecule has 0 saturated heterocycles. The topological polar surface area (TPSA) is 90.3 Å². The zero-order valence-electron chi connectivity index (χ0n) is 9.60. The summed E-state index contributed by atoms with van der Waals surface area (Å²) in [7, 11) is 2.73. The highest BCUT2D eigenvalue weighted by atomic mass is 16.5. The van der Waals surface area contributed by atoms with Crippen LogP contribution in [0.5, 0.6) is 0 Å². The van der Waals surface area contributed by atoms with Crippen LogP contribution >= 0.6 is 0 Å². The molecule has 17 heavy (non-hydrogen) atoms. The summed E-state index contributed by atoms with van der Waals surface area (Å²) >= 11 is 0. The van der Waals surface area contributed by atoms with Crippen molar-refractivity contribution >= 4 is 11.9 Å². The molecule has 7 heteroatoms. The van der Waals surface area contributed by atoms with Crippen molar-refractivity contribution in [2.75, 3.05) is 13.7 Å². The van der Waals surface area contributed by atoms with Crippen LogP contribution in [-0.2, 0) is 16.6 Å². The van der Waals surface area contributed by atoms with E-state index in [-0.39, 0.29) is 24.2 Å². The molecule has 0 aliphatic rings. The van der Waals surface area contributed by atoms with E-state index in [0.717, 1.165) is 4.68 Å². The average molecular weight is 239 g/mol. The molecule has 0 aromatic carbocycles. The summed E-state index contributed by atoms with van der Waals surface area (Å²) in [5.41, 5.74) is -0.173. The van der Waals surface area contributed by atoms with Crippen LogP contribution in [0.25, 0.3) is 0 Å². The Morgan fingerprint density at radius 3 is 2.76 bits per heavy atom. The number of aromatic nitrogens is 2. The molecule has 0 spiro atoms. The average Bonchev–Trinajstić information content (AvgIpc) is 2.32. The van der Waals surface area contributed by atoms with E-state index in [0.29, 0.717) is 0 Å². The van der Waals surface area contributed by atoms with E-state index in [2.05, 4.69) is 15.2 Å². The zero-order chi connectivity index (χ0) is 12.8. The van der Waals surface area contributed by atoms with Gasteiger partial charge in [0.25, 0.3) is 11.5 Å². The van der Waals surface area contributed by atoms with Crippen molar-refractivity contribution in [2.45, 2.75) is 6.42 Å². The standard InChI is InChI=1S/C10H13N3O4/c1-13-8(14)4-3-7(12-13)10(16)11-6-5-9(15)17-2/h3-4H,5-6H2,1-2H3,(H,11,16). The van der Waals surface area contributed by atoms with Gasteiger partial charge in [-0.1, -0.05) is 0 Å². The van der Waals surface area contributed by atoms with Crippen LogP contribution in [0.1, 0.15) is 16.9 Å². The number of hydrogen-bond acceptors (Lipinski definition) is 5. The lowest BCUT2D eigenvalue weighted by atomic mass is 10.3. The van der Waals surface area contributed by atoms with Gasteiger partial charge in [-0.15, -0.1) is 0 Å². The fourth-order valence-electron chi connectivity index (χ4n) is 1.09. The molecule has 0 radical (unpaired) electrons.